The molecule has 8 heteroatoms. The van der Waals surface area contributed by atoms with Crippen molar-refractivity contribution in [1.29, 1.82) is 10.5 Å². The van der Waals surface area contributed by atoms with Crippen molar-refractivity contribution in [3.8, 4) is 12.1 Å². The Hall–Kier alpha value is -1.90. The number of aromatic nitrogens is 2. The topological polar surface area (TPSA) is 103 Å². The first-order chi connectivity index (χ1) is 8.36. The van der Waals surface area contributed by atoms with Gasteiger partial charge >= 0.3 is 0 Å². The minimum atomic E-state index is -3.86. The summed E-state index contributed by atoms with van der Waals surface area (Å²) >= 11 is 0. The Labute approximate surface area is 106 Å². The third-order valence-corrected chi connectivity index (χ3v) is 4.58. The molecule has 1 aromatic rings. The van der Waals surface area contributed by atoms with E-state index in [1.165, 1.54) is 4.68 Å². The number of sulfonamides is 1. The van der Waals surface area contributed by atoms with E-state index in [1.807, 2.05) is 0 Å². The molecule has 0 spiro atoms. The Bertz CT molecular complexity index is 616. The van der Waals surface area contributed by atoms with Gasteiger partial charge in [0, 0.05) is 7.05 Å². The lowest BCUT2D eigenvalue weighted by Gasteiger charge is -2.15. The van der Waals surface area contributed by atoms with Crippen LogP contribution in [0.4, 0.5) is 0 Å². The fraction of sp³-hybridized carbons (Fsp3) is 0.500. The zero-order valence-corrected chi connectivity index (χ0v) is 11.2. The van der Waals surface area contributed by atoms with Gasteiger partial charge in [-0.2, -0.15) is 19.9 Å². The van der Waals surface area contributed by atoms with Crippen molar-refractivity contribution in [2.75, 3.05) is 13.1 Å². The van der Waals surface area contributed by atoms with Crippen molar-refractivity contribution in [3.05, 3.63) is 11.4 Å². The van der Waals surface area contributed by atoms with Crippen molar-refractivity contribution in [2.45, 2.75) is 18.7 Å². The maximum absolute atomic E-state index is 12.3. The minimum absolute atomic E-state index is 0.0653. The summed E-state index contributed by atoms with van der Waals surface area (Å²) in [5.74, 6) is 0. The fourth-order valence-electron chi connectivity index (χ4n) is 1.64. The molecule has 96 valence electrons. The quantitative estimate of drug-likeness (QED) is 0.718. The Balaban J connectivity index is 3.37. The van der Waals surface area contributed by atoms with Crippen molar-refractivity contribution in [2.24, 2.45) is 7.05 Å². The van der Waals surface area contributed by atoms with Crippen LogP contribution < -0.4 is 0 Å². The zero-order chi connectivity index (χ0) is 13.9. The first kappa shape index (κ1) is 14.2. The molecule has 0 aliphatic heterocycles. The number of hydrogen-bond acceptors (Lipinski definition) is 5. The molecule has 0 aliphatic carbocycles. The monoisotopic (exact) mass is 267 g/mol. The summed E-state index contributed by atoms with van der Waals surface area (Å²) in [6, 6.07) is 3.49. The average molecular weight is 267 g/mol. The van der Waals surface area contributed by atoms with Crippen LogP contribution in [0.2, 0.25) is 0 Å². The zero-order valence-electron chi connectivity index (χ0n) is 10.4. The number of nitrogens with zero attached hydrogens (tertiary/aromatic N) is 5. The summed E-state index contributed by atoms with van der Waals surface area (Å²) < 4.78 is 27.0. The molecule has 0 aromatic carbocycles. The largest absolute Gasteiger partial charge is 0.271 e. The van der Waals surface area contributed by atoms with Crippen LogP contribution in [-0.4, -0.2) is 35.6 Å². The molecular weight excluding hydrogens is 254 g/mol. The van der Waals surface area contributed by atoms with Crippen LogP contribution in [0.1, 0.15) is 11.4 Å². The predicted octanol–water partition coefficient (Wildman–Crippen LogP) is 0.0748. The van der Waals surface area contributed by atoms with Crippen LogP contribution in [0, 0.1) is 36.5 Å². The smallest absolute Gasteiger partial charge is 0.248 e. The maximum atomic E-state index is 12.3. The van der Waals surface area contributed by atoms with Crippen LogP contribution in [-0.2, 0) is 17.1 Å². The fourth-order valence-corrected chi connectivity index (χ4v) is 3.27. The molecule has 1 aromatic heterocycles. The Morgan fingerprint density at radius 2 is 1.78 bits per heavy atom. The lowest BCUT2D eigenvalue weighted by molar-refractivity contribution is 0.478. The van der Waals surface area contributed by atoms with Crippen LogP contribution in [0.5, 0.6) is 0 Å². The van der Waals surface area contributed by atoms with Gasteiger partial charge in [0.05, 0.1) is 23.5 Å². The summed E-state index contributed by atoms with van der Waals surface area (Å²) in [7, 11) is -2.22. The summed E-state index contributed by atoms with van der Waals surface area (Å²) in [6.07, 6.45) is 0. The maximum Gasteiger partial charge on any atom is 0.248 e. The lowest BCUT2D eigenvalue weighted by atomic mass is 10.4. The van der Waals surface area contributed by atoms with Crippen LogP contribution in [0.3, 0.4) is 0 Å². The van der Waals surface area contributed by atoms with Crippen molar-refractivity contribution in [3.63, 3.8) is 0 Å². The van der Waals surface area contributed by atoms with E-state index < -0.39 is 10.0 Å². The molecule has 0 N–H and O–H groups in total. The molecular formula is C10H13N5O2S. The van der Waals surface area contributed by atoms with Crippen molar-refractivity contribution >= 4 is 10.0 Å². The van der Waals surface area contributed by atoms with Crippen molar-refractivity contribution < 1.29 is 8.42 Å². The molecule has 7 nitrogen and oxygen atoms in total. The van der Waals surface area contributed by atoms with E-state index in [1.54, 1.807) is 33.0 Å². The van der Waals surface area contributed by atoms with E-state index in [4.69, 9.17) is 10.5 Å². The molecule has 0 aliphatic rings. The Kier molecular flexibility index (Phi) is 4.07. The van der Waals surface area contributed by atoms with E-state index >= 15 is 0 Å². The molecule has 0 saturated heterocycles. The van der Waals surface area contributed by atoms with Gasteiger partial charge in [0.25, 0.3) is 0 Å². The number of aryl methyl sites for hydroxylation is 2. The highest BCUT2D eigenvalue weighted by Crippen LogP contribution is 2.22. The van der Waals surface area contributed by atoms with Gasteiger partial charge in [0.1, 0.15) is 18.0 Å². The third kappa shape index (κ3) is 2.35. The second-order valence-corrected chi connectivity index (χ2v) is 5.59. The van der Waals surface area contributed by atoms with Gasteiger partial charge in [-0.25, -0.2) is 8.42 Å². The molecule has 18 heavy (non-hydrogen) atoms. The molecule has 0 amide bonds. The van der Waals surface area contributed by atoms with Gasteiger partial charge in [0.15, 0.2) is 0 Å². The molecule has 0 bridgehead atoms. The molecule has 0 unspecified atom stereocenters. The van der Waals surface area contributed by atoms with Gasteiger partial charge < -0.3 is 0 Å². The second-order valence-electron chi connectivity index (χ2n) is 3.71. The lowest BCUT2D eigenvalue weighted by Crippen LogP contribution is -2.32. The van der Waals surface area contributed by atoms with Gasteiger partial charge in [-0.3, -0.25) is 4.68 Å². The highest BCUT2D eigenvalue weighted by Gasteiger charge is 2.30. The van der Waals surface area contributed by atoms with E-state index in [2.05, 4.69) is 5.10 Å². The van der Waals surface area contributed by atoms with E-state index in [-0.39, 0.29) is 18.0 Å². The molecule has 1 rings (SSSR count). The summed E-state index contributed by atoms with van der Waals surface area (Å²) in [6.45, 7) is 2.49. The molecule has 0 saturated carbocycles. The average Bonchev–Trinajstić information content (AvgIpc) is 2.53. The van der Waals surface area contributed by atoms with E-state index in [0.717, 1.165) is 4.31 Å². The molecule has 0 atom stereocenters. The van der Waals surface area contributed by atoms with Gasteiger partial charge in [-0.1, -0.05) is 0 Å². The summed E-state index contributed by atoms with van der Waals surface area (Å²) in [5, 5.41) is 21.3. The second kappa shape index (κ2) is 5.17. The summed E-state index contributed by atoms with van der Waals surface area (Å²) in [5.41, 5.74) is 0.837. The van der Waals surface area contributed by atoms with Crippen LogP contribution >= 0.6 is 0 Å². The van der Waals surface area contributed by atoms with Crippen LogP contribution in [0.25, 0.3) is 0 Å². The third-order valence-electron chi connectivity index (χ3n) is 2.53. The van der Waals surface area contributed by atoms with Gasteiger partial charge in [-0.15, -0.1) is 0 Å². The molecule has 0 radical (unpaired) electrons. The summed E-state index contributed by atoms with van der Waals surface area (Å²) in [4.78, 5) is 0.0653. The molecule has 1 heterocycles. The number of rotatable bonds is 4. The predicted molar refractivity (Wildman–Crippen MR) is 62.7 cm³/mol. The van der Waals surface area contributed by atoms with Crippen LogP contribution in [0.15, 0.2) is 4.90 Å². The highest BCUT2D eigenvalue weighted by atomic mass is 32.2. The Morgan fingerprint density at radius 1 is 1.28 bits per heavy atom. The van der Waals surface area contributed by atoms with Gasteiger partial charge in [-0.05, 0) is 13.8 Å². The first-order valence-electron chi connectivity index (χ1n) is 5.10. The van der Waals surface area contributed by atoms with E-state index in [9.17, 15) is 8.42 Å². The van der Waals surface area contributed by atoms with Gasteiger partial charge in [0.2, 0.25) is 10.0 Å². The van der Waals surface area contributed by atoms with E-state index in [0.29, 0.717) is 11.4 Å². The first-order valence-corrected chi connectivity index (χ1v) is 6.54. The Morgan fingerprint density at radius 3 is 2.11 bits per heavy atom. The highest BCUT2D eigenvalue weighted by molar-refractivity contribution is 7.89. The SMILES string of the molecule is Cc1nn(C)c(C)c1S(=O)(=O)N(CC#N)CC#N. The van der Waals surface area contributed by atoms with Crippen molar-refractivity contribution in [1.82, 2.24) is 14.1 Å². The molecule has 0 fully saturated rings. The standard InChI is InChI=1S/C10H13N5O2S/c1-8-10(9(2)14(3)13-8)18(16,17)15(6-4-11)7-5-12/h6-7H2,1-3H3. The minimum Gasteiger partial charge on any atom is -0.271 e. The number of nitriles is 2. The normalized spacial score (nSPS) is 11.2. The number of hydrogen-bond donors (Lipinski definition) is 0.